The van der Waals surface area contributed by atoms with Crippen LogP contribution in [-0.4, -0.2) is 51.4 Å². The van der Waals surface area contributed by atoms with Crippen LogP contribution in [0.1, 0.15) is 30.0 Å². The Hall–Kier alpha value is -0.730. The van der Waals surface area contributed by atoms with Crippen molar-refractivity contribution in [2.24, 2.45) is 5.92 Å². The molecule has 156 valence electrons. The predicted molar refractivity (Wildman–Crippen MR) is 103 cm³/mol. The number of ether oxygens (including phenoxy) is 2. The number of piperazine rings is 1. The number of nitrogens with one attached hydrogen (secondary N) is 1. The van der Waals surface area contributed by atoms with Crippen LogP contribution in [0.5, 0.6) is 5.75 Å². The summed E-state index contributed by atoms with van der Waals surface area (Å²) in [7, 11) is 1.39. The summed E-state index contributed by atoms with van der Waals surface area (Å²) in [6.45, 7) is 4.35. The zero-order valence-corrected chi connectivity index (χ0v) is 16.9. The van der Waals surface area contributed by atoms with Crippen LogP contribution < -0.4 is 10.1 Å². The molecule has 0 amide bonds. The maximum absolute atomic E-state index is 13.7. The fourth-order valence-corrected chi connectivity index (χ4v) is 3.91. The standard InChI is InChI=1S/C18H25F3N2O2.2ClH/c1-24-14-2-3-15(16(12-14)18(19,20)21)17(13-4-10-25-11-5-13)23-8-6-22-7-9-23;;/h2-3,12-13,17,22H,4-11H2,1H3;2*1H/t17-;;/m1../s1. The van der Waals surface area contributed by atoms with Crippen LogP contribution in [0.4, 0.5) is 13.2 Å². The normalized spacial score (nSPS) is 20.3. The molecule has 0 saturated carbocycles. The molecule has 2 heterocycles. The SMILES string of the molecule is COc1ccc([C@@H](C2CCOCC2)N2CCNCC2)c(C(F)(F)F)c1.Cl.Cl. The molecule has 1 atom stereocenters. The highest BCUT2D eigenvalue weighted by Gasteiger charge is 2.40. The van der Waals surface area contributed by atoms with Crippen molar-refractivity contribution in [3.05, 3.63) is 29.3 Å². The van der Waals surface area contributed by atoms with E-state index in [2.05, 4.69) is 10.2 Å². The predicted octanol–water partition coefficient (Wildman–Crippen LogP) is 3.93. The van der Waals surface area contributed by atoms with E-state index in [0.29, 0.717) is 18.8 Å². The molecule has 1 aromatic rings. The molecule has 3 rings (SSSR count). The van der Waals surface area contributed by atoms with Crippen molar-refractivity contribution in [3.63, 3.8) is 0 Å². The van der Waals surface area contributed by atoms with Gasteiger partial charge in [-0.05, 0) is 36.5 Å². The Morgan fingerprint density at radius 3 is 2.33 bits per heavy atom. The molecule has 2 aliphatic rings. The van der Waals surface area contributed by atoms with E-state index in [1.807, 2.05) is 0 Å². The molecule has 2 fully saturated rings. The van der Waals surface area contributed by atoms with Crippen LogP contribution in [0.2, 0.25) is 0 Å². The van der Waals surface area contributed by atoms with E-state index in [1.54, 1.807) is 12.1 Å². The summed E-state index contributed by atoms with van der Waals surface area (Å²) in [5, 5.41) is 3.28. The summed E-state index contributed by atoms with van der Waals surface area (Å²) in [5.74, 6) is 0.406. The zero-order valence-electron chi connectivity index (χ0n) is 15.3. The molecule has 0 bridgehead atoms. The maximum Gasteiger partial charge on any atom is 0.416 e. The van der Waals surface area contributed by atoms with Gasteiger partial charge >= 0.3 is 6.18 Å². The van der Waals surface area contributed by atoms with E-state index < -0.39 is 11.7 Å². The van der Waals surface area contributed by atoms with E-state index in [0.717, 1.165) is 45.1 Å². The van der Waals surface area contributed by atoms with E-state index in [9.17, 15) is 13.2 Å². The summed E-state index contributed by atoms with van der Waals surface area (Å²) in [6.07, 6.45) is -2.82. The van der Waals surface area contributed by atoms with Gasteiger partial charge in [0.15, 0.2) is 0 Å². The van der Waals surface area contributed by atoms with Crippen molar-refractivity contribution in [3.8, 4) is 5.75 Å². The van der Waals surface area contributed by atoms with Gasteiger partial charge in [-0.3, -0.25) is 4.90 Å². The average Bonchev–Trinajstić information content (AvgIpc) is 2.63. The van der Waals surface area contributed by atoms with Crippen molar-refractivity contribution in [1.82, 2.24) is 10.2 Å². The van der Waals surface area contributed by atoms with Gasteiger partial charge < -0.3 is 14.8 Å². The third-order valence-electron chi connectivity index (χ3n) is 5.14. The molecule has 27 heavy (non-hydrogen) atoms. The average molecular weight is 431 g/mol. The van der Waals surface area contributed by atoms with Gasteiger partial charge in [0.05, 0.1) is 12.7 Å². The second-order valence-electron chi connectivity index (χ2n) is 6.63. The molecule has 2 saturated heterocycles. The summed E-state index contributed by atoms with van der Waals surface area (Å²) in [5.41, 5.74) is -0.219. The number of rotatable bonds is 4. The summed E-state index contributed by atoms with van der Waals surface area (Å²) >= 11 is 0. The van der Waals surface area contributed by atoms with E-state index >= 15 is 0 Å². The fourth-order valence-electron chi connectivity index (χ4n) is 3.91. The van der Waals surface area contributed by atoms with Crippen molar-refractivity contribution < 1.29 is 22.6 Å². The Kier molecular flexibility index (Phi) is 9.65. The first-order valence-electron chi connectivity index (χ1n) is 8.78. The van der Waals surface area contributed by atoms with Gasteiger partial charge in [-0.1, -0.05) is 6.07 Å². The number of methoxy groups -OCH3 is 1. The summed E-state index contributed by atoms with van der Waals surface area (Å²) < 4.78 is 51.7. The van der Waals surface area contributed by atoms with Crippen molar-refractivity contribution >= 4 is 24.8 Å². The lowest BCUT2D eigenvalue weighted by Crippen LogP contribution is -2.48. The third kappa shape index (κ3) is 5.87. The first-order valence-corrected chi connectivity index (χ1v) is 8.78. The van der Waals surface area contributed by atoms with Crippen LogP contribution in [0.15, 0.2) is 18.2 Å². The van der Waals surface area contributed by atoms with Gasteiger partial charge in [-0.25, -0.2) is 0 Å². The Bertz CT molecular complexity index is 560. The lowest BCUT2D eigenvalue weighted by molar-refractivity contribution is -0.139. The minimum absolute atomic E-state index is 0. The zero-order chi connectivity index (χ0) is 17.9. The Balaban J connectivity index is 0.00000182. The number of alkyl halides is 3. The van der Waals surface area contributed by atoms with Crippen LogP contribution >= 0.6 is 24.8 Å². The van der Waals surface area contributed by atoms with Gasteiger partial charge in [-0.2, -0.15) is 13.2 Å². The molecule has 0 aliphatic carbocycles. The second-order valence-corrected chi connectivity index (χ2v) is 6.63. The van der Waals surface area contributed by atoms with Crippen LogP contribution in [-0.2, 0) is 10.9 Å². The van der Waals surface area contributed by atoms with Crippen molar-refractivity contribution in [2.75, 3.05) is 46.5 Å². The molecule has 2 aliphatic heterocycles. The van der Waals surface area contributed by atoms with Crippen LogP contribution in [0.3, 0.4) is 0 Å². The minimum atomic E-state index is -4.40. The minimum Gasteiger partial charge on any atom is -0.497 e. The molecule has 4 nitrogen and oxygen atoms in total. The fraction of sp³-hybridized carbons (Fsp3) is 0.667. The van der Waals surface area contributed by atoms with Crippen molar-refractivity contribution in [2.45, 2.75) is 25.1 Å². The largest absolute Gasteiger partial charge is 0.497 e. The monoisotopic (exact) mass is 430 g/mol. The van der Waals surface area contributed by atoms with Gasteiger partial charge in [0.2, 0.25) is 0 Å². The number of hydrogen-bond donors (Lipinski definition) is 1. The highest BCUT2D eigenvalue weighted by Crippen LogP contribution is 2.43. The smallest absolute Gasteiger partial charge is 0.416 e. The Labute approximate surface area is 170 Å². The van der Waals surface area contributed by atoms with E-state index in [4.69, 9.17) is 9.47 Å². The molecule has 0 spiro atoms. The molecular formula is C18H27Cl2F3N2O2. The number of halogens is 5. The highest BCUT2D eigenvalue weighted by molar-refractivity contribution is 5.85. The third-order valence-corrected chi connectivity index (χ3v) is 5.14. The number of hydrogen-bond acceptors (Lipinski definition) is 4. The quantitative estimate of drug-likeness (QED) is 0.784. The number of nitrogens with zero attached hydrogens (tertiary/aromatic N) is 1. The Morgan fingerprint density at radius 2 is 1.78 bits per heavy atom. The van der Waals surface area contributed by atoms with E-state index in [-0.39, 0.29) is 42.5 Å². The first kappa shape index (κ1) is 24.3. The summed E-state index contributed by atoms with van der Waals surface area (Å²) in [6, 6.07) is 4.13. The molecular weight excluding hydrogens is 404 g/mol. The first-order chi connectivity index (χ1) is 12.0. The topological polar surface area (TPSA) is 33.7 Å². The molecule has 9 heteroatoms. The van der Waals surface area contributed by atoms with Crippen LogP contribution in [0.25, 0.3) is 0 Å². The lowest BCUT2D eigenvalue weighted by Gasteiger charge is -2.42. The highest BCUT2D eigenvalue weighted by atomic mass is 35.5. The lowest BCUT2D eigenvalue weighted by atomic mass is 9.83. The van der Waals surface area contributed by atoms with Crippen LogP contribution in [0, 0.1) is 5.92 Å². The summed E-state index contributed by atoms with van der Waals surface area (Å²) in [4.78, 5) is 2.20. The molecule has 0 radical (unpaired) electrons. The maximum atomic E-state index is 13.7. The molecule has 1 N–H and O–H groups in total. The van der Waals surface area contributed by atoms with Gasteiger partial charge in [0.1, 0.15) is 5.75 Å². The second kappa shape index (κ2) is 10.7. The molecule has 0 unspecified atom stereocenters. The number of benzene rings is 1. The Morgan fingerprint density at radius 1 is 1.15 bits per heavy atom. The van der Waals surface area contributed by atoms with E-state index in [1.165, 1.54) is 7.11 Å². The van der Waals surface area contributed by atoms with Gasteiger partial charge in [0.25, 0.3) is 0 Å². The van der Waals surface area contributed by atoms with Gasteiger partial charge in [0, 0.05) is 45.4 Å². The molecule has 0 aromatic heterocycles. The van der Waals surface area contributed by atoms with Gasteiger partial charge in [-0.15, -0.1) is 24.8 Å². The van der Waals surface area contributed by atoms with Crippen molar-refractivity contribution in [1.29, 1.82) is 0 Å². The molecule has 1 aromatic carbocycles.